The molecular formula is C16H13FN4O2. The standard InChI is InChI=1S/C16H13FN4O2/c17-12-6-4-10(5-7-12)8-14(22)19-21-16(23)13-3-1-2-11-9-18-20-15(11)13/h1-7,9H,8H2,(H,18,20)(H,19,22)(H,21,23). The number of aromatic nitrogens is 2. The molecule has 0 radical (unpaired) electrons. The predicted octanol–water partition coefficient (Wildman–Crippen LogP) is 1.71. The summed E-state index contributed by atoms with van der Waals surface area (Å²) in [5.74, 6) is -1.22. The van der Waals surface area contributed by atoms with E-state index < -0.39 is 11.8 Å². The molecular weight excluding hydrogens is 299 g/mol. The Labute approximate surface area is 130 Å². The Balaban J connectivity index is 1.61. The minimum atomic E-state index is -0.452. The van der Waals surface area contributed by atoms with Crippen molar-refractivity contribution in [3.8, 4) is 0 Å². The highest BCUT2D eigenvalue weighted by Gasteiger charge is 2.12. The van der Waals surface area contributed by atoms with Crippen LogP contribution in [0.25, 0.3) is 10.9 Å². The van der Waals surface area contributed by atoms with Crippen molar-refractivity contribution in [1.82, 2.24) is 21.0 Å². The molecule has 23 heavy (non-hydrogen) atoms. The number of fused-ring (bicyclic) bond motifs is 1. The summed E-state index contributed by atoms with van der Waals surface area (Å²) in [6, 6.07) is 10.8. The van der Waals surface area contributed by atoms with E-state index in [2.05, 4.69) is 21.0 Å². The van der Waals surface area contributed by atoms with Crippen molar-refractivity contribution in [3.05, 3.63) is 65.6 Å². The minimum Gasteiger partial charge on any atom is -0.277 e. The minimum absolute atomic E-state index is 0.0365. The van der Waals surface area contributed by atoms with E-state index in [0.29, 0.717) is 16.6 Å². The highest BCUT2D eigenvalue weighted by Crippen LogP contribution is 2.15. The van der Waals surface area contributed by atoms with Gasteiger partial charge < -0.3 is 0 Å². The lowest BCUT2D eigenvalue weighted by atomic mass is 10.1. The second-order valence-corrected chi connectivity index (χ2v) is 4.95. The summed E-state index contributed by atoms with van der Waals surface area (Å²) in [6.07, 6.45) is 1.65. The van der Waals surface area contributed by atoms with Gasteiger partial charge in [0.05, 0.1) is 23.7 Å². The van der Waals surface area contributed by atoms with Crippen molar-refractivity contribution < 1.29 is 14.0 Å². The number of aromatic amines is 1. The fourth-order valence-corrected chi connectivity index (χ4v) is 2.18. The van der Waals surface area contributed by atoms with E-state index in [4.69, 9.17) is 0 Å². The molecule has 0 aliphatic carbocycles. The maximum Gasteiger partial charge on any atom is 0.271 e. The normalized spacial score (nSPS) is 10.5. The Morgan fingerprint density at radius 3 is 2.65 bits per heavy atom. The lowest BCUT2D eigenvalue weighted by Gasteiger charge is -2.08. The molecule has 0 atom stereocenters. The first kappa shape index (κ1) is 14.7. The van der Waals surface area contributed by atoms with Gasteiger partial charge in [0.15, 0.2) is 0 Å². The number of para-hydroxylation sites is 1. The number of hydrogen-bond donors (Lipinski definition) is 3. The third-order valence-corrected chi connectivity index (χ3v) is 3.31. The summed E-state index contributed by atoms with van der Waals surface area (Å²) in [5, 5.41) is 7.42. The van der Waals surface area contributed by atoms with Gasteiger partial charge in [-0.3, -0.25) is 25.5 Å². The SMILES string of the molecule is O=C(Cc1ccc(F)cc1)NNC(=O)c1cccc2cn[nH]c12. The highest BCUT2D eigenvalue weighted by molar-refractivity contribution is 6.05. The Bertz CT molecular complexity index is 858. The lowest BCUT2D eigenvalue weighted by Crippen LogP contribution is -2.42. The van der Waals surface area contributed by atoms with Gasteiger partial charge in [0.1, 0.15) is 5.82 Å². The average molecular weight is 312 g/mol. The first-order chi connectivity index (χ1) is 11.1. The lowest BCUT2D eigenvalue weighted by molar-refractivity contribution is -0.121. The van der Waals surface area contributed by atoms with Crippen LogP contribution >= 0.6 is 0 Å². The monoisotopic (exact) mass is 312 g/mol. The van der Waals surface area contributed by atoms with Gasteiger partial charge in [0.25, 0.3) is 5.91 Å². The Hall–Kier alpha value is -3.22. The molecule has 3 rings (SSSR count). The van der Waals surface area contributed by atoms with Crippen LogP contribution in [0.15, 0.2) is 48.7 Å². The van der Waals surface area contributed by atoms with E-state index in [1.54, 1.807) is 18.3 Å². The van der Waals surface area contributed by atoms with Crippen molar-refractivity contribution >= 4 is 22.7 Å². The van der Waals surface area contributed by atoms with E-state index in [0.717, 1.165) is 5.39 Å². The predicted molar refractivity (Wildman–Crippen MR) is 81.8 cm³/mol. The van der Waals surface area contributed by atoms with Gasteiger partial charge in [0, 0.05) is 5.39 Å². The van der Waals surface area contributed by atoms with E-state index in [1.807, 2.05) is 6.07 Å². The number of amides is 2. The first-order valence-corrected chi connectivity index (χ1v) is 6.89. The summed E-state index contributed by atoms with van der Waals surface area (Å²) in [6.45, 7) is 0. The van der Waals surface area contributed by atoms with Crippen LogP contribution in [0.4, 0.5) is 4.39 Å². The van der Waals surface area contributed by atoms with Crippen LogP contribution in [0.3, 0.4) is 0 Å². The van der Waals surface area contributed by atoms with E-state index in [-0.39, 0.29) is 12.2 Å². The van der Waals surface area contributed by atoms with Gasteiger partial charge >= 0.3 is 0 Å². The molecule has 7 heteroatoms. The highest BCUT2D eigenvalue weighted by atomic mass is 19.1. The number of nitrogens with zero attached hydrogens (tertiary/aromatic N) is 1. The molecule has 0 bridgehead atoms. The molecule has 2 amide bonds. The third kappa shape index (κ3) is 3.34. The van der Waals surface area contributed by atoms with Crippen molar-refractivity contribution in [3.63, 3.8) is 0 Å². The summed E-state index contributed by atoms with van der Waals surface area (Å²) in [4.78, 5) is 23.9. The van der Waals surface area contributed by atoms with Crippen LogP contribution in [0.1, 0.15) is 15.9 Å². The van der Waals surface area contributed by atoms with Gasteiger partial charge in [-0.15, -0.1) is 0 Å². The largest absolute Gasteiger partial charge is 0.277 e. The van der Waals surface area contributed by atoms with Gasteiger partial charge in [-0.2, -0.15) is 5.10 Å². The number of halogens is 1. The van der Waals surface area contributed by atoms with Crippen LogP contribution in [-0.4, -0.2) is 22.0 Å². The molecule has 0 aliphatic heterocycles. The molecule has 3 aromatic rings. The quantitative estimate of drug-likeness (QED) is 0.643. The molecule has 3 N–H and O–H groups in total. The molecule has 0 spiro atoms. The zero-order valence-electron chi connectivity index (χ0n) is 12.0. The van der Waals surface area contributed by atoms with Crippen LogP contribution in [-0.2, 0) is 11.2 Å². The molecule has 0 unspecified atom stereocenters. The fraction of sp³-hybridized carbons (Fsp3) is 0.0625. The summed E-state index contributed by atoms with van der Waals surface area (Å²) in [7, 11) is 0. The number of H-pyrrole nitrogens is 1. The number of benzene rings is 2. The molecule has 1 aromatic heterocycles. The zero-order chi connectivity index (χ0) is 16.2. The first-order valence-electron chi connectivity index (χ1n) is 6.89. The van der Waals surface area contributed by atoms with Gasteiger partial charge in [0.2, 0.25) is 5.91 Å². The topological polar surface area (TPSA) is 86.9 Å². The number of hydrogen-bond acceptors (Lipinski definition) is 3. The zero-order valence-corrected chi connectivity index (χ0v) is 12.0. The fourth-order valence-electron chi connectivity index (χ4n) is 2.18. The molecule has 0 fully saturated rings. The van der Waals surface area contributed by atoms with Crippen molar-refractivity contribution in [2.75, 3.05) is 0 Å². The van der Waals surface area contributed by atoms with Crippen molar-refractivity contribution in [1.29, 1.82) is 0 Å². The van der Waals surface area contributed by atoms with Gasteiger partial charge in [-0.25, -0.2) is 4.39 Å². The smallest absolute Gasteiger partial charge is 0.271 e. The number of nitrogens with one attached hydrogen (secondary N) is 3. The average Bonchev–Trinajstić information content (AvgIpc) is 3.03. The number of hydrazine groups is 1. The molecule has 0 aliphatic rings. The third-order valence-electron chi connectivity index (χ3n) is 3.31. The Morgan fingerprint density at radius 2 is 1.87 bits per heavy atom. The molecule has 1 heterocycles. The Morgan fingerprint density at radius 1 is 1.09 bits per heavy atom. The molecule has 116 valence electrons. The maximum atomic E-state index is 12.8. The Kier molecular flexibility index (Phi) is 4.01. The molecule has 6 nitrogen and oxygen atoms in total. The van der Waals surface area contributed by atoms with Crippen LogP contribution in [0.2, 0.25) is 0 Å². The van der Waals surface area contributed by atoms with Crippen LogP contribution in [0.5, 0.6) is 0 Å². The van der Waals surface area contributed by atoms with E-state index in [9.17, 15) is 14.0 Å². The van der Waals surface area contributed by atoms with E-state index in [1.165, 1.54) is 24.3 Å². The molecule has 0 saturated heterocycles. The number of carbonyl (C=O) groups excluding carboxylic acids is 2. The van der Waals surface area contributed by atoms with Crippen molar-refractivity contribution in [2.45, 2.75) is 6.42 Å². The second kappa shape index (κ2) is 6.27. The number of rotatable bonds is 3. The van der Waals surface area contributed by atoms with Gasteiger partial charge in [-0.05, 0) is 23.8 Å². The van der Waals surface area contributed by atoms with Crippen LogP contribution < -0.4 is 10.9 Å². The van der Waals surface area contributed by atoms with Gasteiger partial charge in [-0.1, -0.05) is 24.3 Å². The van der Waals surface area contributed by atoms with Crippen LogP contribution in [0, 0.1) is 5.82 Å². The summed E-state index contributed by atoms with van der Waals surface area (Å²) < 4.78 is 12.8. The maximum absolute atomic E-state index is 12.8. The number of carbonyl (C=O) groups is 2. The summed E-state index contributed by atoms with van der Waals surface area (Å²) in [5.41, 5.74) is 6.31. The van der Waals surface area contributed by atoms with Crippen molar-refractivity contribution in [2.24, 2.45) is 0 Å². The van der Waals surface area contributed by atoms with E-state index >= 15 is 0 Å². The molecule has 0 saturated carbocycles. The second-order valence-electron chi connectivity index (χ2n) is 4.95. The summed E-state index contributed by atoms with van der Waals surface area (Å²) >= 11 is 0. The molecule has 2 aromatic carbocycles.